The maximum Gasteiger partial charge on any atom is 0.300 e. The molecule has 25 heavy (non-hydrogen) atoms. The zero-order chi connectivity index (χ0) is 18.0. The number of hydrogen-bond acceptors (Lipinski definition) is 4. The molecule has 0 spiro atoms. The van der Waals surface area contributed by atoms with E-state index in [2.05, 4.69) is 10.1 Å². The lowest BCUT2D eigenvalue weighted by molar-refractivity contribution is 0.0992. The number of ether oxygens (including phenoxy) is 1. The Morgan fingerprint density at radius 2 is 2.24 bits per heavy atom. The normalized spacial score (nSPS) is 12.2. The van der Waals surface area contributed by atoms with Crippen molar-refractivity contribution in [1.29, 1.82) is 0 Å². The molecule has 6 nitrogen and oxygen atoms in total. The summed E-state index contributed by atoms with van der Waals surface area (Å²) in [5.74, 6) is -0.779. The molecule has 132 valence electrons. The van der Waals surface area contributed by atoms with Crippen molar-refractivity contribution in [1.82, 2.24) is 14.3 Å². The van der Waals surface area contributed by atoms with Gasteiger partial charge >= 0.3 is 0 Å². The third-order valence-electron chi connectivity index (χ3n) is 3.87. The number of aromatic nitrogens is 3. The Bertz CT molecular complexity index is 986. The number of hydrogen-bond donors (Lipinski definition) is 0. The molecule has 0 unspecified atom stereocenters. The second-order valence-electron chi connectivity index (χ2n) is 5.52. The SMILES string of the molecule is CCn1nc(C(=O)N=c2sc3cccc(F)c3n2CCOC)cc1C. The summed E-state index contributed by atoms with van der Waals surface area (Å²) < 4.78 is 23.5. The fraction of sp³-hybridized carbons (Fsp3) is 0.353. The number of para-hydroxylation sites is 1. The second-order valence-corrected chi connectivity index (χ2v) is 6.53. The van der Waals surface area contributed by atoms with Crippen molar-refractivity contribution >= 4 is 27.5 Å². The van der Waals surface area contributed by atoms with Gasteiger partial charge < -0.3 is 9.30 Å². The van der Waals surface area contributed by atoms with Crippen LogP contribution in [0.3, 0.4) is 0 Å². The molecule has 0 saturated heterocycles. The number of aryl methyl sites for hydroxylation is 2. The fourth-order valence-corrected chi connectivity index (χ4v) is 3.71. The summed E-state index contributed by atoms with van der Waals surface area (Å²) in [5, 5.41) is 4.26. The quantitative estimate of drug-likeness (QED) is 0.701. The van der Waals surface area contributed by atoms with Crippen molar-refractivity contribution in [3.8, 4) is 0 Å². The average molecular weight is 362 g/mol. The van der Waals surface area contributed by atoms with E-state index >= 15 is 0 Å². The number of carbonyl (C=O) groups is 1. The monoisotopic (exact) mass is 362 g/mol. The number of fused-ring (bicyclic) bond motifs is 1. The Morgan fingerprint density at radius 1 is 1.44 bits per heavy atom. The maximum atomic E-state index is 14.3. The summed E-state index contributed by atoms with van der Waals surface area (Å²) in [4.78, 5) is 17.1. The van der Waals surface area contributed by atoms with Gasteiger partial charge in [0.15, 0.2) is 10.5 Å². The Balaban J connectivity index is 2.11. The van der Waals surface area contributed by atoms with Crippen LogP contribution in [0.1, 0.15) is 23.1 Å². The third-order valence-corrected chi connectivity index (χ3v) is 4.91. The Kier molecular flexibility index (Phi) is 5.10. The molecule has 3 rings (SSSR count). The van der Waals surface area contributed by atoms with Gasteiger partial charge in [-0.15, -0.1) is 0 Å². The van der Waals surface area contributed by atoms with E-state index in [9.17, 15) is 9.18 Å². The van der Waals surface area contributed by atoms with Crippen LogP contribution >= 0.6 is 11.3 Å². The van der Waals surface area contributed by atoms with Crippen LogP contribution < -0.4 is 4.80 Å². The van der Waals surface area contributed by atoms with Crippen LogP contribution in [0.5, 0.6) is 0 Å². The molecule has 1 amide bonds. The summed E-state index contributed by atoms with van der Waals surface area (Å²) in [7, 11) is 1.58. The van der Waals surface area contributed by atoms with E-state index in [0.29, 0.717) is 30.0 Å². The van der Waals surface area contributed by atoms with Crippen molar-refractivity contribution in [2.75, 3.05) is 13.7 Å². The number of halogens is 1. The zero-order valence-corrected chi connectivity index (χ0v) is 15.1. The molecule has 0 bridgehead atoms. The van der Waals surface area contributed by atoms with Gasteiger partial charge in [0, 0.05) is 25.9 Å². The van der Waals surface area contributed by atoms with Crippen LogP contribution in [-0.2, 0) is 17.8 Å². The van der Waals surface area contributed by atoms with Gasteiger partial charge in [-0.2, -0.15) is 10.1 Å². The largest absolute Gasteiger partial charge is 0.383 e. The highest BCUT2D eigenvalue weighted by atomic mass is 32.1. The number of rotatable bonds is 5. The van der Waals surface area contributed by atoms with Crippen molar-refractivity contribution in [3.63, 3.8) is 0 Å². The van der Waals surface area contributed by atoms with Crippen molar-refractivity contribution < 1.29 is 13.9 Å². The average Bonchev–Trinajstić information content (AvgIpc) is 3.14. The van der Waals surface area contributed by atoms with E-state index in [1.807, 2.05) is 19.9 Å². The van der Waals surface area contributed by atoms with E-state index < -0.39 is 5.91 Å². The molecule has 0 aliphatic rings. The van der Waals surface area contributed by atoms with Crippen molar-refractivity contribution in [2.24, 2.45) is 4.99 Å². The first-order chi connectivity index (χ1) is 12.0. The number of nitrogens with zero attached hydrogens (tertiary/aromatic N) is 4. The van der Waals surface area contributed by atoms with Crippen LogP contribution in [0.25, 0.3) is 10.2 Å². The fourth-order valence-electron chi connectivity index (χ4n) is 2.64. The minimum atomic E-state index is -0.437. The summed E-state index contributed by atoms with van der Waals surface area (Å²) in [6, 6.07) is 6.57. The molecule has 0 fully saturated rings. The van der Waals surface area contributed by atoms with E-state index in [0.717, 1.165) is 10.4 Å². The predicted molar refractivity (Wildman–Crippen MR) is 94.2 cm³/mol. The lowest BCUT2D eigenvalue weighted by Gasteiger charge is -2.04. The van der Waals surface area contributed by atoms with Crippen LogP contribution in [0.2, 0.25) is 0 Å². The summed E-state index contributed by atoms with van der Waals surface area (Å²) in [6.45, 7) is 5.33. The molecule has 2 heterocycles. The molecule has 0 aliphatic carbocycles. The molecule has 0 N–H and O–H groups in total. The number of amides is 1. The molecular formula is C17H19FN4O2S. The number of methoxy groups -OCH3 is 1. The first-order valence-electron chi connectivity index (χ1n) is 7.95. The lowest BCUT2D eigenvalue weighted by Crippen LogP contribution is -2.20. The summed E-state index contributed by atoms with van der Waals surface area (Å²) >= 11 is 1.27. The predicted octanol–water partition coefficient (Wildman–Crippen LogP) is 2.75. The Morgan fingerprint density at radius 3 is 2.92 bits per heavy atom. The van der Waals surface area contributed by atoms with Crippen LogP contribution in [0.15, 0.2) is 29.3 Å². The molecule has 0 saturated carbocycles. The first kappa shape index (κ1) is 17.5. The van der Waals surface area contributed by atoms with Gasteiger partial charge in [0.1, 0.15) is 5.82 Å². The standard InChI is InChI=1S/C17H19FN4O2S/c1-4-22-11(2)10-13(20-22)16(23)19-17-21(8-9-24-3)15-12(18)6-5-7-14(15)25-17/h5-7,10H,4,8-9H2,1-3H3. The van der Waals surface area contributed by atoms with Gasteiger partial charge in [0.25, 0.3) is 5.91 Å². The minimum Gasteiger partial charge on any atom is -0.383 e. The van der Waals surface area contributed by atoms with Gasteiger partial charge in [-0.1, -0.05) is 17.4 Å². The third kappa shape index (κ3) is 3.40. The van der Waals surface area contributed by atoms with Gasteiger partial charge in [-0.05, 0) is 32.0 Å². The van der Waals surface area contributed by atoms with E-state index in [-0.39, 0.29) is 11.5 Å². The van der Waals surface area contributed by atoms with Crippen LogP contribution in [0, 0.1) is 12.7 Å². The Labute approximate surface area is 148 Å². The van der Waals surface area contributed by atoms with Gasteiger partial charge in [0.2, 0.25) is 0 Å². The molecule has 0 atom stereocenters. The molecule has 0 aliphatic heterocycles. The van der Waals surface area contributed by atoms with Gasteiger partial charge in [-0.3, -0.25) is 9.48 Å². The number of benzene rings is 1. The first-order valence-corrected chi connectivity index (χ1v) is 8.77. The highest BCUT2D eigenvalue weighted by Crippen LogP contribution is 2.20. The highest BCUT2D eigenvalue weighted by molar-refractivity contribution is 7.16. The van der Waals surface area contributed by atoms with E-state index in [1.54, 1.807) is 28.5 Å². The molecule has 3 aromatic rings. The van der Waals surface area contributed by atoms with Gasteiger partial charge in [-0.25, -0.2) is 4.39 Å². The number of carbonyl (C=O) groups excluding carboxylic acids is 1. The summed E-state index contributed by atoms with van der Waals surface area (Å²) in [5.41, 5.74) is 1.62. The lowest BCUT2D eigenvalue weighted by atomic mass is 10.3. The minimum absolute atomic E-state index is 0.288. The molecule has 0 radical (unpaired) electrons. The maximum absolute atomic E-state index is 14.3. The molecule has 2 aromatic heterocycles. The Hall–Kier alpha value is -2.32. The van der Waals surface area contributed by atoms with Crippen molar-refractivity contribution in [2.45, 2.75) is 26.9 Å². The van der Waals surface area contributed by atoms with Crippen LogP contribution in [0.4, 0.5) is 4.39 Å². The molecular weight excluding hydrogens is 343 g/mol. The zero-order valence-electron chi connectivity index (χ0n) is 14.3. The van der Waals surface area contributed by atoms with E-state index in [4.69, 9.17) is 4.74 Å². The van der Waals surface area contributed by atoms with Crippen LogP contribution in [-0.4, -0.2) is 34.0 Å². The van der Waals surface area contributed by atoms with E-state index in [1.165, 1.54) is 17.4 Å². The smallest absolute Gasteiger partial charge is 0.300 e. The molecule has 1 aromatic carbocycles. The molecule has 8 heteroatoms. The topological polar surface area (TPSA) is 61.4 Å². The summed E-state index contributed by atoms with van der Waals surface area (Å²) in [6.07, 6.45) is 0. The van der Waals surface area contributed by atoms with Crippen molar-refractivity contribution in [3.05, 3.63) is 46.3 Å². The highest BCUT2D eigenvalue weighted by Gasteiger charge is 2.14. The number of thiazole rings is 1. The second kappa shape index (κ2) is 7.28. The van der Waals surface area contributed by atoms with Gasteiger partial charge in [0.05, 0.1) is 16.8 Å².